The molecule has 1 N–H and O–H groups in total. The quantitative estimate of drug-likeness (QED) is 0.793. The Bertz CT molecular complexity index is 588. The molecule has 20 heavy (non-hydrogen) atoms. The van der Waals surface area contributed by atoms with Crippen LogP contribution in [0.4, 0.5) is 4.39 Å². The zero-order chi connectivity index (χ0) is 14.5. The third kappa shape index (κ3) is 3.98. The van der Waals surface area contributed by atoms with Crippen LogP contribution in [0.15, 0.2) is 47.4 Å². The second-order valence-corrected chi connectivity index (χ2v) is 6.12. The van der Waals surface area contributed by atoms with Gasteiger partial charge in [0.25, 0.3) is 0 Å². The summed E-state index contributed by atoms with van der Waals surface area (Å²) in [6.45, 7) is 1.99. The number of aryl methyl sites for hydroxylation is 1. The monoisotopic (exact) mass is 309 g/mol. The lowest BCUT2D eigenvalue weighted by Crippen LogP contribution is -2.18. The Balaban J connectivity index is 2.07. The Hall–Kier alpha value is -1.03. The minimum absolute atomic E-state index is 0.182. The highest BCUT2D eigenvalue weighted by atomic mass is 35.5. The SMILES string of the molecule is CNC(CSc1cccc(F)c1)c1ccc(C)c(Cl)c1. The Morgan fingerprint density at radius 1 is 1.25 bits per heavy atom. The lowest BCUT2D eigenvalue weighted by Gasteiger charge is -2.17. The van der Waals surface area contributed by atoms with E-state index in [4.69, 9.17) is 11.6 Å². The summed E-state index contributed by atoms with van der Waals surface area (Å²) >= 11 is 7.80. The van der Waals surface area contributed by atoms with Crippen LogP contribution < -0.4 is 5.32 Å². The molecule has 0 fully saturated rings. The summed E-state index contributed by atoms with van der Waals surface area (Å²) < 4.78 is 13.1. The molecule has 1 unspecified atom stereocenters. The van der Waals surface area contributed by atoms with Gasteiger partial charge in [-0.05, 0) is 49.4 Å². The van der Waals surface area contributed by atoms with Crippen LogP contribution in [-0.2, 0) is 0 Å². The Labute approximate surface area is 128 Å². The molecule has 0 saturated carbocycles. The third-order valence-corrected chi connectivity index (χ3v) is 4.65. The first-order chi connectivity index (χ1) is 9.60. The lowest BCUT2D eigenvalue weighted by atomic mass is 10.1. The van der Waals surface area contributed by atoms with Crippen molar-refractivity contribution in [3.8, 4) is 0 Å². The molecule has 0 spiro atoms. The molecule has 0 aliphatic carbocycles. The number of hydrogen-bond donors (Lipinski definition) is 1. The summed E-state index contributed by atoms with van der Waals surface area (Å²) in [5, 5.41) is 4.05. The van der Waals surface area contributed by atoms with Gasteiger partial charge in [0, 0.05) is 21.7 Å². The van der Waals surface area contributed by atoms with E-state index in [1.165, 1.54) is 6.07 Å². The molecule has 0 bridgehead atoms. The standard InChI is InChI=1S/C16H17ClFNS/c1-11-6-7-12(8-15(11)17)16(19-2)10-20-14-5-3-4-13(18)9-14/h3-9,16,19H,10H2,1-2H3. The van der Waals surface area contributed by atoms with Crippen LogP contribution in [0.3, 0.4) is 0 Å². The van der Waals surface area contributed by atoms with E-state index in [-0.39, 0.29) is 11.9 Å². The average molecular weight is 310 g/mol. The number of halogens is 2. The fraction of sp³-hybridized carbons (Fsp3) is 0.250. The van der Waals surface area contributed by atoms with Crippen molar-refractivity contribution in [2.75, 3.05) is 12.8 Å². The molecule has 2 rings (SSSR count). The molecule has 0 amide bonds. The summed E-state index contributed by atoms with van der Waals surface area (Å²) in [5.74, 6) is 0.619. The second-order valence-electron chi connectivity index (χ2n) is 4.62. The van der Waals surface area contributed by atoms with Crippen molar-refractivity contribution in [3.05, 3.63) is 64.4 Å². The topological polar surface area (TPSA) is 12.0 Å². The average Bonchev–Trinajstić information content (AvgIpc) is 2.43. The highest BCUT2D eigenvalue weighted by Crippen LogP contribution is 2.27. The molecule has 0 aromatic heterocycles. The summed E-state index contributed by atoms with van der Waals surface area (Å²) in [6.07, 6.45) is 0. The molecule has 1 atom stereocenters. The molecule has 0 radical (unpaired) electrons. The van der Waals surface area contributed by atoms with Gasteiger partial charge in [-0.25, -0.2) is 4.39 Å². The van der Waals surface area contributed by atoms with Crippen LogP contribution in [0.25, 0.3) is 0 Å². The van der Waals surface area contributed by atoms with Crippen LogP contribution in [0, 0.1) is 12.7 Å². The van der Waals surface area contributed by atoms with Crippen molar-refractivity contribution in [2.45, 2.75) is 17.9 Å². The minimum Gasteiger partial charge on any atom is -0.312 e. The first-order valence-electron chi connectivity index (χ1n) is 6.42. The molecule has 2 aromatic carbocycles. The van der Waals surface area contributed by atoms with Crippen LogP contribution in [-0.4, -0.2) is 12.8 Å². The zero-order valence-corrected chi connectivity index (χ0v) is 13.1. The molecular weight excluding hydrogens is 293 g/mol. The van der Waals surface area contributed by atoms with Gasteiger partial charge >= 0.3 is 0 Å². The predicted molar refractivity (Wildman–Crippen MR) is 85.1 cm³/mol. The van der Waals surface area contributed by atoms with E-state index in [0.29, 0.717) is 0 Å². The Kier molecular flexibility index (Phi) is 5.46. The summed E-state index contributed by atoms with van der Waals surface area (Å²) in [5.41, 5.74) is 2.22. The van der Waals surface area contributed by atoms with E-state index >= 15 is 0 Å². The first kappa shape index (κ1) is 15.4. The van der Waals surface area contributed by atoms with Crippen LogP contribution in [0.5, 0.6) is 0 Å². The van der Waals surface area contributed by atoms with Gasteiger partial charge in [0.05, 0.1) is 0 Å². The van der Waals surface area contributed by atoms with E-state index in [1.807, 2.05) is 32.2 Å². The number of rotatable bonds is 5. The second kappa shape index (κ2) is 7.11. The summed E-state index contributed by atoms with van der Waals surface area (Å²) in [7, 11) is 1.92. The number of hydrogen-bond acceptors (Lipinski definition) is 2. The Morgan fingerprint density at radius 3 is 2.70 bits per heavy atom. The number of thioether (sulfide) groups is 1. The summed E-state index contributed by atoms with van der Waals surface area (Å²) in [6, 6.07) is 12.9. The van der Waals surface area contributed by atoms with E-state index in [2.05, 4.69) is 11.4 Å². The molecule has 4 heteroatoms. The highest BCUT2D eigenvalue weighted by molar-refractivity contribution is 7.99. The summed E-state index contributed by atoms with van der Waals surface area (Å²) in [4.78, 5) is 0.934. The van der Waals surface area contributed by atoms with Crippen molar-refractivity contribution >= 4 is 23.4 Å². The van der Waals surface area contributed by atoms with Gasteiger partial charge < -0.3 is 5.32 Å². The van der Waals surface area contributed by atoms with Gasteiger partial charge in [-0.3, -0.25) is 0 Å². The van der Waals surface area contributed by atoms with Gasteiger partial charge in [0.15, 0.2) is 0 Å². The van der Waals surface area contributed by atoms with Crippen LogP contribution in [0.2, 0.25) is 5.02 Å². The molecule has 0 heterocycles. The fourth-order valence-corrected chi connectivity index (χ4v) is 3.19. The molecule has 106 valence electrons. The van der Waals surface area contributed by atoms with Crippen molar-refractivity contribution in [1.82, 2.24) is 5.32 Å². The van der Waals surface area contributed by atoms with Gasteiger partial charge in [-0.15, -0.1) is 11.8 Å². The smallest absolute Gasteiger partial charge is 0.124 e. The van der Waals surface area contributed by atoms with Crippen molar-refractivity contribution in [2.24, 2.45) is 0 Å². The maximum Gasteiger partial charge on any atom is 0.124 e. The molecule has 2 aromatic rings. The van der Waals surface area contributed by atoms with E-state index in [1.54, 1.807) is 23.9 Å². The number of nitrogens with one attached hydrogen (secondary N) is 1. The Morgan fingerprint density at radius 2 is 2.05 bits per heavy atom. The first-order valence-corrected chi connectivity index (χ1v) is 7.78. The van der Waals surface area contributed by atoms with Gasteiger partial charge in [0.1, 0.15) is 5.82 Å². The van der Waals surface area contributed by atoms with E-state index < -0.39 is 0 Å². The van der Waals surface area contributed by atoms with Crippen molar-refractivity contribution < 1.29 is 4.39 Å². The lowest BCUT2D eigenvalue weighted by molar-refractivity contribution is 0.624. The molecular formula is C16H17ClFNS. The largest absolute Gasteiger partial charge is 0.312 e. The van der Waals surface area contributed by atoms with Crippen LogP contribution >= 0.6 is 23.4 Å². The van der Waals surface area contributed by atoms with Gasteiger partial charge in [0.2, 0.25) is 0 Å². The number of benzene rings is 2. The van der Waals surface area contributed by atoms with Gasteiger partial charge in [-0.2, -0.15) is 0 Å². The third-order valence-electron chi connectivity index (χ3n) is 3.16. The molecule has 0 saturated heterocycles. The fourth-order valence-electron chi connectivity index (χ4n) is 1.91. The van der Waals surface area contributed by atoms with Crippen molar-refractivity contribution in [3.63, 3.8) is 0 Å². The van der Waals surface area contributed by atoms with Gasteiger partial charge in [-0.1, -0.05) is 29.8 Å². The molecule has 0 aliphatic rings. The minimum atomic E-state index is -0.200. The maximum atomic E-state index is 13.1. The zero-order valence-electron chi connectivity index (χ0n) is 11.5. The molecule has 0 aliphatic heterocycles. The highest BCUT2D eigenvalue weighted by Gasteiger charge is 2.11. The predicted octanol–water partition coefficient (Wildman–Crippen LogP) is 4.84. The maximum absolute atomic E-state index is 13.1. The van der Waals surface area contributed by atoms with Crippen LogP contribution in [0.1, 0.15) is 17.2 Å². The van der Waals surface area contributed by atoms with E-state index in [0.717, 1.165) is 26.8 Å². The van der Waals surface area contributed by atoms with E-state index in [9.17, 15) is 4.39 Å². The van der Waals surface area contributed by atoms with Crippen molar-refractivity contribution in [1.29, 1.82) is 0 Å². The normalized spacial score (nSPS) is 12.4. The molecule has 1 nitrogen and oxygen atoms in total.